The number of hydrogen-bond acceptors (Lipinski definition) is 3. The summed E-state index contributed by atoms with van der Waals surface area (Å²) in [7, 11) is -3.79. The molecule has 0 aliphatic carbocycles. The zero-order valence-electron chi connectivity index (χ0n) is 10.5. The van der Waals surface area contributed by atoms with Gasteiger partial charge in [0.2, 0.25) is 0 Å². The third kappa shape index (κ3) is 3.21. The van der Waals surface area contributed by atoms with Crippen LogP contribution in [0.25, 0.3) is 0 Å². The Balaban J connectivity index is 2.38. The molecule has 0 fully saturated rings. The van der Waals surface area contributed by atoms with Gasteiger partial charge in [-0.3, -0.25) is 4.72 Å². The van der Waals surface area contributed by atoms with Crippen molar-refractivity contribution in [2.75, 3.05) is 10.5 Å². The van der Waals surface area contributed by atoms with Crippen LogP contribution in [0.4, 0.5) is 15.8 Å². The van der Waals surface area contributed by atoms with E-state index in [0.717, 1.165) is 9.64 Å². The summed E-state index contributed by atoms with van der Waals surface area (Å²) in [6, 6.07) is 9.22. The molecule has 0 bridgehead atoms. The largest absolute Gasteiger partial charge is 0.396 e. The monoisotopic (exact) mass is 406 g/mol. The second-order valence-corrected chi connectivity index (χ2v) is 7.18. The number of sulfonamides is 1. The van der Waals surface area contributed by atoms with E-state index in [2.05, 4.69) is 27.3 Å². The van der Waals surface area contributed by atoms with Gasteiger partial charge in [-0.1, -0.05) is 0 Å². The van der Waals surface area contributed by atoms with Crippen LogP contribution >= 0.6 is 22.6 Å². The lowest BCUT2D eigenvalue weighted by atomic mass is 10.2. The molecule has 2 aromatic carbocycles. The first-order chi connectivity index (χ1) is 9.29. The maximum Gasteiger partial charge on any atom is 0.261 e. The highest BCUT2D eigenvalue weighted by Gasteiger charge is 2.17. The van der Waals surface area contributed by atoms with Crippen LogP contribution in [0.3, 0.4) is 0 Å². The van der Waals surface area contributed by atoms with E-state index >= 15 is 0 Å². The van der Waals surface area contributed by atoms with Gasteiger partial charge in [-0.25, -0.2) is 12.8 Å². The Morgan fingerprint density at radius 1 is 1.20 bits per heavy atom. The van der Waals surface area contributed by atoms with Crippen molar-refractivity contribution in [2.24, 2.45) is 0 Å². The molecule has 0 unspecified atom stereocenters. The standard InChI is InChI=1S/C13H12FIN2O2S/c1-8-6-11(7-12(16)13(8)14)20(18,19)17-10-4-2-9(15)3-5-10/h2-7,17H,16H2,1H3. The summed E-state index contributed by atoms with van der Waals surface area (Å²) in [6.45, 7) is 1.47. The van der Waals surface area contributed by atoms with E-state index in [0.29, 0.717) is 5.69 Å². The SMILES string of the molecule is Cc1cc(S(=O)(=O)Nc2ccc(I)cc2)cc(N)c1F. The van der Waals surface area contributed by atoms with Gasteiger partial charge in [0.25, 0.3) is 10.0 Å². The van der Waals surface area contributed by atoms with Crippen molar-refractivity contribution < 1.29 is 12.8 Å². The van der Waals surface area contributed by atoms with Crippen molar-refractivity contribution in [2.45, 2.75) is 11.8 Å². The molecule has 0 aliphatic rings. The first-order valence-corrected chi connectivity index (χ1v) is 8.20. The second-order valence-electron chi connectivity index (χ2n) is 4.26. The van der Waals surface area contributed by atoms with Crippen molar-refractivity contribution in [1.82, 2.24) is 0 Å². The van der Waals surface area contributed by atoms with Gasteiger partial charge in [-0.05, 0) is 71.5 Å². The lowest BCUT2D eigenvalue weighted by Crippen LogP contribution is -2.14. The Morgan fingerprint density at radius 3 is 2.35 bits per heavy atom. The Hall–Kier alpha value is -1.35. The zero-order valence-corrected chi connectivity index (χ0v) is 13.5. The summed E-state index contributed by atoms with van der Waals surface area (Å²) in [4.78, 5) is -0.0625. The summed E-state index contributed by atoms with van der Waals surface area (Å²) in [6.07, 6.45) is 0. The minimum Gasteiger partial charge on any atom is -0.396 e. The number of nitrogens with two attached hydrogens (primary N) is 1. The molecule has 20 heavy (non-hydrogen) atoms. The first-order valence-electron chi connectivity index (χ1n) is 5.63. The molecule has 7 heteroatoms. The van der Waals surface area contributed by atoms with Crippen molar-refractivity contribution in [3.8, 4) is 0 Å². The van der Waals surface area contributed by atoms with Crippen LogP contribution in [0.5, 0.6) is 0 Å². The van der Waals surface area contributed by atoms with Gasteiger partial charge in [-0.15, -0.1) is 0 Å². The van der Waals surface area contributed by atoms with Gasteiger partial charge in [0.1, 0.15) is 5.82 Å². The Labute approximate surface area is 130 Å². The number of rotatable bonds is 3. The van der Waals surface area contributed by atoms with Crippen LogP contribution in [0, 0.1) is 16.3 Å². The van der Waals surface area contributed by atoms with E-state index in [4.69, 9.17) is 5.73 Å². The number of halogens is 2. The lowest BCUT2D eigenvalue weighted by Gasteiger charge is -2.10. The van der Waals surface area contributed by atoms with Gasteiger partial charge >= 0.3 is 0 Å². The van der Waals surface area contributed by atoms with Crippen molar-refractivity contribution in [1.29, 1.82) is 0 Å². The van der Waals surface area contributed by atoms with Crippen LogP contribution in [0.2, 0.25) is 0 Å². The number of benzene rings is 2. The molecule has 0 aromatic heterocycles. The number of nitrogens with one attached hydrogen (secondary N) is 1. The minimum absolute atomic E-state index is 0.0625. The van der Waals surface area contributed by atoms with Crippen molar-refractivity contribution in [3.63, 3.8) is 0 Å². The maximum absolute atomic E-state index is 13.4. The summed E-state index contributed by atoms with van der Waals surface area (Å²) in [5.74, 6) is -0.599. The fourth-order valence-corrected chi connectivity index (χ4v) is 3.19. The quantitative estimate of drug-likeness (QED) is 0.608. The highest BCUT2D eigenvalue weighted by Crippen LogP contribution is 2.23. The summed E-state index contributed by atoms with van der Waals surface area (Å²) in [5.41, 5.74) is 5.90. The van der Waals surface area contributed by atoms with Crippen molar-refractivity contribution >= 4 is 44.0 Å². The molecule has 0 amide bonds. The molecule has 106 valence electrons. The fraction of sp³-hybridized carbons (Fsp3) is 0.0769. The second kappa shape index (κ2) is 5.57. The third-order valence-corrected chi connectivity index (χ3v) is 4.74. The predicted molar refractivity (Wildman–Crippen MR) is 85.5 cm³/mol. The molecule has 0 saturated carbocycles. The summed E-state index contributed by atoms with van der Waals surface area (Å²) >= 11 is 2.12. The van der Waals surface area contributed by atoms with Crippen LogP contribution in [-0.4, -0.2) is 8.42 Å². The van der Waals surface area contributed by atoms with Gasteiger partial charge in [0.05, 0.1) is 10.6 Å². The van der Waals surface area contributed by atoms with Gasteiger partial charge < -0.3 is 5.73 Å². The number of nitrogen functional groups attached to an aromatic ring is 1. The van der Waals surface area contributed by atoms with E-state index in [1.54, 1.807) is 24.3 Å². The molecule has 0 saturated heterocycles. The normalized spacial score (nSPS) is 11.3. The summed E-state index contributed by atoms with van der Waals surface area (Å²) < 4.78 is 41.3. The molecule has 0 spiro atoms. The zero-order chi connectivity index (χ0) is 14.9. The predicted octanol–water partition coefficient (Wildman–Crippen LogP) is 3.12. The fourth-order valence-electron chi connectivity index (χ4n) is 1.65. The minimum atomic E-state index is -3.79. The molecule has 0 heterocycles. The average Bonchev–Trinajstić information content (AvgIpc) is 2.38. The van der Waals surface area contributed by atoms with E-state index in [-0.39, 0.29) is 16.1 Å². The van der Waals surface area contributed by atoms with Gasteiger partial charge in [-0.2, -0.15) is 0 Å². The van der Waals surface area contributed by atoms with Crippen LogP contribution in [0.15, 0.2) is 41.3 Å². The van der Waals surface area contributed by atoms with Crippen LogP contribution in [-0.2, 0) is 10.0 Å². The van der Waals surface area contributed by atoms with E-state index in [1.165, 1.54) is 13.0 Å². The molecule has 3 N–H and O–H groups in total. The highest BCUT2D eigenvalue weighted by molar-refractivity contribution is 14.1. The van der Waals surface area contributed by atoms with E-state index in [1.807, 2.05) is 0 Å². The highest BCUT2D eigenvalue weighted by atomic mass is 127. The molecule has 2 rings (SSSR count). The molecular weight excluding hydrogens is 394 g/mol. The van der Waals surface area contributed by atoms with Gasteiger partial charge in [0.15, 0.2) is 0 Å². The molecule has 0 atom stereocenters. The Bertz CT molecular complexity index is 722. The number of anilines is 2. The molecule has 2 aromatic rings. The van der Waals surface area contributed by atoms with Crippen molar-refractivity contribution in [3.05, 3.63) is 51.3 Å². The average molecular weight is 406 g/mol. The van der Waals surface area contributed by atoms with E-state index < -0.39 is 15.8 Å². The molecule has 0 aliphatic heterocycles. The molecule has 4 nitrogen and oxygen atoms in total. The first kappa shape index (κ1) is 15.0. The Morgan fingerprint density at radius 2 is 1.80 bits per heavy atom. The third-order valence-electron chi connectivity index (χ3n) is 2.66. The number of aryl methyl sites for hydroxylation is 1. The smallest absolute Gasteiger partial charge is 0.261 e. The Kier molecular flexibility index (Phi) is 4.19. The van der Waals surface area contributed by atoms with E-state index in [9.17, 15) is 12.8 Å². The number of hydrogen-bond donors (Lipinski definition) is 2. The molecule has 0 radical (unpaired) electrons. The lowest BCUT2D eigenvalue weighted by molar-refractivity contribution is 0.599. The van der Waals surface area contributed by atoms with Crippen LogP contribution < -0.4 is 10.5 Å². The maximum atomic E-state index is 13.4. The summed E-state index contributed by atoms with van der Waals surface area (Å²) in [5, 5.41) is 0. The molecular formula is C13H12FIN2O2S. The topological polar surface area (TPSA) is 72.2 Å². The van der Waals surface area contributed by atoms with Gasteiger partial charge in [0, 0.05) is 9.26 Å². The van der Waals surface area contributed by atoms with Crippen LogP contribution in [0.1, 0.15) is 5.56 Å².